The summed E-state index contributed by atoms with van der Waals surface area (Å²) in [6.45, 7) is 12.0. The first kappa shape index (κ1) is 25.3. The summed E-state index contributed by atoms with van der Waals surface area (Å²) in [5.41, 5.74) is 10.3. The summed E-state index contributed by atoms with van der Waals surface area (Å²) >= 11 is 0. The van der Waals surface area contributed by atoms with Crippen LogP contribution in [0.4, 0.5) is 0 Å². The van der Waals surface area contributed by atoms with E-state index in [9.17, 15) is 4.79 Å². The fourth-order valence-electron chi connectivity index (χ4n) is 4.49. The molecular weight excluding hydrogens is 452 g/mol. The fraction of sp³-hybridized carbons (Fsp3) is 0.393. The number of nitrogens with zero attached hydrogens (tertiary/aromatic N) is 4. The Balaban J connectivity index is 1.63. The number of ether oxygens (including phenoxy) is 1. The summed E-state index contributed by atoms with van der Waals surface area (Å²) in [7, 11) is 0. The molecule has 2 N–H and O–H groups in total. The number of hydrogen-bond donors (Lipinski definition) is 2. The quantitative estimate of drug-likeness (QED) is 0.379. The molecule has 0 saturated heterocycles. The van der Waals surface area contributed by atoms with Gasteiger partial charge in [0.1, 0.15) is 11.7 Å². The Morgan fingerprint density at radius 1 is 0.861 bits per heavy atom. The van der Waals surface area contributed by atoms with Crippen LogP contribution < -0.4 is 10.9 Å². The zero-order chi connectivity index (χ0) is 25.9. The molecule has 0 bridgehead atoms. The SMILES string of the molecule is CCOC(=O)C(=N/NC1=NC(C)(C)Cc2ccccc21)/C(C)=N\NC1=NC(C)(C)Cc2ccccc21. The van der Waals surface area contributed by atoms with Crippen molar-refractivity contribution in [1.29, 1.82) is 0 Å². The average Bonchev–Trinajstić information content (AvgIpc) is 2.81. The van der Waals surface area contributed by atoms with Crippen molar-refractivity contribution in [2.24, 2.45) is 20.2 Å². The van der Waals surface area contributed by atoms with Gasteiger partial charge in [-0.05, 0) is 65.5 Å². The first-order valence-electron chi connectivity index (χ1n) is 12.3. The number of amidine groups is 2. The molecule has 0 unspecified atom stereocenters. The van der Waals surface area contributed by atoms with Crippen molar-refractivity contribution < 1.29 is 9.53 Å². The van der Waals surface area contributed by atoms with Crippen molar-refractivity contribution in [3.8, 4) is 0 Å². The third kappa shape index (κ3) is 5.70. The minimum atomic E-state index is -0.566. The van der Waals surface area contributed by atoms with Crippen LogP contribution in [-0.2, 0) is 22.4 Å². The molecule has 8 nitrogen and oxygen atoms in total. The second-order valence-electron chi connectivity index (χ2n) is 10.3. The van der Waals surface area contributed by atoms with E-state index in [0.29, 0.717) is 17.4 Å². The lowest BCUT2D eigenvalue weighted by molar-refractivity contribution is -0.134. The Hall–Kier alpha value is -3.81. The molecule has 0 saturated carbocycles. The van der Waals surface area contributed by atoms with E-state index < -0.39 is 5.97 Å². The van der Waals surface area contributed by atoms with Crippen molar-refractivity contribution in [1.82, 2.24) is 10.9 Å². The Morgan fingerprint density at radius 2 is 1.33 bits per heavy atom. The normalized spacial score (nSPS) is 18.3. The standard InChI is InChI=1S/C28H34N6O2/c1-7-36-26(35)23(32-34-25-22-15-11-9-13-20(22)17-28(5,6)30-25)18(2)31-33-24-21-14-10-8-12-19(21)16-27(3,4)29-24/h8-15H,7,16-17H2,1-6H3,(H,29,33)(H,30,34)/b31-18-,32-23+. The lowest BCUT2D eigenvalue weighted by Gasteiger charge is -2.28. The number of rotatable bonds is 5. The summed E-state index contributed by atoms with van der Waals surface area (Å²) < 4.78 is 5.27. The van der Waals surface area contributed by atoms with Gasteiger partial charge in [-0.3, -0.25) is 20.8 Å². The first-order valence-corrected chi connectivity index (χ1v) is 12.3. The lowest BCUT2D eigenvalue weighted by Crippen LogP contribution is -2.37. The molecule has 0 aliphatic carbocycles. The van der Waals surface area contributed by atoms with E-state index in [1.54, 1.807) is 13.8 Å². The molecule has 2 aliphatic rings. The van der Waals surface area contributed by atoms with Crippen LogP contribution in [0.1, 0.15) is 63.8 Å². The number of esters is 1. The number of aliphatic imine (C=N–C) groups is 2. The zero-order valence-electron chi connectivity index (χ0n) is 21.8. The predicted octanol–water partition coefficient (Wildman–Crippen LogP) is 4.02. The molecule has 2 aliphatic heterocycles. The van der Waals surface area contributed by atoms with E-state index in [2.05, 4.69) is 60.9 Å². The molecule has 2 heterocycles. The summed E-state index contributed by atoms with van der Waals surface area (Å²) in [6.07, 6.45) is 1.67. The second-order valence-corrected chi connectivity index (χ2v) is 10.3. The van der Waals surface area contributed by atoms with Gasteiger partial charge in [-0.15, -0.1) is 0 Å². The molecule has 8 heteroatoms. The van der Waals surface area contributed by atoms with E-state index in [0.717, 1.165) is 24.0 Å². The predicted molar refractivity (Wildman–Crippen MR) is 145 cm³/mol. The highest BCUT2D eigenvalue weighted by atomic mass is 16.5. The van der Waals surface area contributed by atoms with Crippen LogP contribution in [0.3, 0.4) is 0 Å². The molecule has 4 rings (SSSR count). The molecule has 0 atom stereocenters. The van der Waals surface area contributed by atoms with E-state index in [1.165, 1.54) is 11.1 Å². The van der Waals surface area contributed by atoms with E-state index in [-0.39, 0.29) is 23.4 Å². The Kier molecular flexibility index (Phi) is 7.06. The summed E-state index contributed by atoms with van der Waals surface area (Å²) in [4.78, 5) is 22.5. The van der Waals surface area contributed by atoms with Crippen LogP contribution in [0.5, 0.6) is 0 Å². The van der Waals surface area contributed by atoms with Crippen LogP contribution >= 0.6 is 0 Å². The molecule has 0 aromatic heterocycles. The topological polar surface area (TPSA) is 99.8 Å². The van der Waals surface area contributed by atoms with Gasteiger partial charge in [-0.1, -0.05) is 48.5 Å². The van der Waals surface area contributed by atoms with Gasteiger partial charge in [0.2, 0.25) is 0 Å². The maximum absolute atomic E-state index is 12.8. The highest BCUT2D eigenvalue weighted by Crippen LogP contribution is 2.27. The monoisotopic (exact) mass is 486 g/mol. The molecule has 0 fully saturated rings. The van der Waals surface area contributed by atoms with Crippen LogP contribution in [0, 0.1) is 0 Å². The Bertz CT molecular complexity index is 1290. The van der Waals surface area contributed by atoms with Crippen LogP contribution in [0.2, 0.25) is 0 Å². The van der Waals surface area contributed by atoms with E-state index in [1.807, 2.05) is 36.4 Å². The van der Waals surface area contributed by atoms with Gasteiger partial charge in [0.25, 0.3) is 0 Å². The zero-order valence-corrected chi connectivity index (χ0v) is 21.8. The van der Waals surface area contributed by atoms with Crippen molar-refractivity contribution >= 4 is 29.1 Å². The highest BCUT2D eigenvalue weighted by molar-refractivity contribution is 6.65. The maximum Gasteiger partial charge on any atom is 0.360 e. The number of carbonyl (C=O) groups is 1. The number of fused-ring (bicyclic) bond motifs is 2. The number of hydrazone groups is 2. The molecule has 0 radical (unpaired) electrons. The van der Waals surface area contributed by atoms with Crippen molar-refractivity contribution in [3.05, 3.63) is 70.8 Å². The summed E-state index contributed by atoms with van der Waals surface area (Å²) in [5, 5.41) is 8.89. The second kappa shape index (κ2) is 10.0. The van der Waals surface area contributed by atoms with Crippen molar-refractivity contribution in [2.45, 2.75) is 65.5 Å². The highest BCUT2D eigenvalue weighted by Gasteiger charge is 2.28. The van der Waals surface area contributed by atoms with E-state index >= 15 is 0 Å². The minimum Gasteiger partial charge on any atom is -0.461 e. The van der Waals surface area contributed by atoms with Gasteiger partial charge >= 0.3 is 5.97 Å². The molecule has 0 amide bonds. The van der Waals surface area contributed by atoms with Crippen molar-refractivity contribution in [3.63, 3.8) is 0 Å². The maximum atomic E-state index is 12.8. The third-order valence-corrected chi connectivity index (χ3v) is 6.03. The third-order valence-electron chi connectivity index (χ3n) is 6.03. The fourth-order valence-corrected chi connectivity index (χ4v) is 4.49. The van der Waals surface area contributed by atoms with E-state index in [4.69, 9.17) is 14.7 Å². The van der Waals surface area contributed by atoms with Crippen LogP contribution in [0.25, 0.3) is 0 Å². The number of hydrogen-bond acceptors (Lipinski definition) is 8. The minimum absolute atomic E-state index is 0.0665. The van der Waals surface area contributed by atoms with Crippen molar-refractivity contribution in [2.75, 3.05) is 6.61 Å². The smallest absolute Gasteiger partial charge is 0.360 e. The van der Waals surface area contributed by atoms with Gasteiger partial charge in [0.05, 0.1) is 23.4 Å². The summed E-state index contributed by atoms with van der Waals surface area (Å²) in [5.74, 6) is 0.699. The lowest BCUT2D eigenvalue weighted by atomic mass is 9.89. The molecule has 2 aromatic carbocycles. The number of nitrogens with one attached hydrogen (secondary N) is 2. The molecular formula is C28H34N6O2. The summed E-state index contributed by atoms with van der Waals surface area (Å²) in [6, 6.07) is 16.2. The van der Waals surface area contributed by atoms with Gasteiger partial charge in [0, 0.05) is 11.1 Å². The molecule has 188 valence electrons. The number of benzene rings is 2. The number of carbonyl (C=O) groups excluding carboxylic acids is 1. The first-order chi connectivity index (χ1) is 17.1. The van der Waals surface area contributed by atoms with Crippen LogP contribution in [-0.4, -0.2) is 46.7 Å². The van der Waals surface area contributed by atoms with Gasteiger partial charge in [0.15, 0.2) is 5.71 Å². The van der Waals surface area contributed by atoms with Gasteiger partial charge in [-0.25, -0.2) is 4.79 Å². The van der Waals surface area contributed by atoms with Gasteiger partial charge in [-0.2, -0.15) is 10.2 Å². The molecule has 2 aromatic rings. The largest absolute Gasteiger partial charge is 0.461 e. The molecule has 0 spiro atoms. The van der Waals surface area contributed by atoms with Crippen LogP contribution in [0.15, 0.2) is 68.7 Å². The van der Waals surface area contributed by atoms with Gasteiger partial charge < -0.3 is 4.74 Å². The Labute approximate surface area is 212 Å². The molecule has 36 heavy (non-hydrogen) atoms. The Morgan fingerprint density at radius 3 is 1.83 bits per heavy atom. The average molecular weight is 487 g/mol.